The van der Waals surface area contributed by atoms with Crippen molar-refractivity contribution in [1.82, 2.24) is 14.5 Å². The molecule has 1 aliphatic heterocycles. The lowest BCUT2D eigenvalue weighted by molar-refractivity contribution is 0.317. The Hall–Kier alpha value is -0.940. The molecule has 0 spiro atoms. The van der Waals surface area contributed by atoms with Gasteiger partial charge in [-0.15, -0.1) is 11.3 Å². The zero-order chi connectivity index (χ0) is 18.3. The van der Waals surface area contributed by atoms with Gasteiger partial charge in [0.15, 0.2) is 5.76 Å². The number of nitrogens with one attached hydrogen (secondary N) is 1. The molecule has 0 radical (unpaired) electrons. The summed E-state index contributed by atoms with van der Waals surface area (Å²) in [5.41, 5.74) is 1.79. The van der Waals surface area contributed by atoms with Crippen LogP contribution in [0.3, 0.4) is 0 Å². The smallest absolute Gasteiger partial charge is 0.252 e. The maximum absolute atomic E-state index is 12.8. The molecule has 138 valence electrons. The first-order valence-electron chi connectivity index (χ1n) is 7.99. The van der Waals surface area contributed by atoms with E-state index in [1.807, 2.05) is 18.2 Å². The van der Waals surface area contributed by atoms with Gasteiger partial charge in [0.05, 0.1) is 10.0 Å². The molecule has 1 N–H and O–H groups in total. The summed E-state index contributed by atoms with van der Waals surface area (Å²) in [5.74, 6) is 0.987. The van der Waals surface area contributed by atoms with E-state index in [-0.39, 0.29) is 5.92 Å². The molecule has 0 atom stereocenters. The van der Waals surface area contributed by atoms with E-state index in [0.29, 0.717) is 17.3 Å². The topological polar surface area (TPSA) is 79.2 Å². The summed E-state index contributed by atoms with van der Waals surface area (Å²) in [4.78, 5) is 0. The first-order chi connectivity index (χ1) is 12.4. The van der Waals surface area contributed by atoms with Crippen LogP contribution in [0, 0.1) is 0 Å². The third kappa shape index (κ3) is 3.45. The van der Waals surface area contributed by atoms with Gasteiger partial charge in [0.1, 0.15) is 9.90 Å². The fraction of sp³-hybridized carbons (Fsp3) is 0.312. The number of aromatic amines is 1. The molecule has 0 aromatic carbocycles. The van der Waals surface area contributed by atoms with Gasteiger partial charge in [0, 0.05) is 29.2 Å². The molecule has 10 heteroatoms. The number of hydrogen-bond acceptors (Lipinski definition) is 5. The lowest BCUT2D eigenvalue weighted by Gasteiger charge is -2.30. The van der Waals surface area contributed by atoms with Crippen LogP contribution in [-0.2, 0) is 10.0 Å². The molecule has 26 heavy (non-hydrogen) atoms. The van der Waals surface area contributed by atoms with Crippen LogP contribution in [0.15, 0.2) is 47.4 Å². The zero-order valence-corrected chi connectivity index (χ0v) is 18.3. The van der Waals surface area contributed by atoms with Gasteiger partial charge in [0.25, 0.3) is 10.0 Å². The lowest BCUT2D eigenvalue weighted by atomic mass is 9.94. The van der Waals surface area contributed by atoms with Crippen LogP contribution < -0.4 is 0 Å². The van der Waals surface area contributed by atoms with E-state index in [9.17, 15) is 8.42 Å². The molecule has 0 aliphatic carbocycles. The minimum absolute atomic E-state index is 0.263. The Kier molecular flexibility index (Phi) is 5.13. The molecule has 0 unspecified atom stereocenters. The highest BCUT2D eigenvalue weighted by atomic mass is 79.9. The zero-order valence-electron chi connectivity index (χ0n) is 13.5. The van der Waals surface area contributed by atoms with Crippen molar-refractivity contribution in [3.05, 3.63) is 44.5 Å². The van der Waals surface area contributed by atoms with Crippen LogP contribution in [0.1, 0.15) is 24.5 Å². The summed E-state index contributed by atoms with van der Waals surface area (Å²) in [6.07, 6.45) is 3.13. The Bertz CT molecular complexity index is 984. The highest BCUT2D eigenvalue weighted by molar-refractivity contribution is 9.13. The van der Waals surface area contributed by atoms with Crippen molar-refractivity contribution in [2.24, 2.45) is 0 Å². The number of piperidine rings is 1. The van der Waals surface area contributed by atoms with Crippen LogP contribution in [0.5, 0.6) is 0 Å². The van der Waals surface area contributed by atoms with Crippen molar-refractivity contribution >= 4 is 53.2 Å². The third-order valence-corrected chi connectivity index (χ3v) is 10.1. The van der Waals surface area contributed by atoms with E-state index in [1.165, 1.54) is 11.3 Å². The van der Waals surface area contributed by atoms with Crippen LogP contribution in [-0.4, -0.2) is 36.0 Å². The number of rotatable bonds is 4. The molecular formula is C16H15Br2N3O3S2. The van der Waals surface area contributed by atoms with Gasteiger partial charge in [-0.2, -0.15) is 9.40 Å². The largest absolute Gasteiger partial charge is 0.463 e. The highest BCUT2D eigenvalue weighted by Crippen LogP contribution is 2.38. The standard InChI is InChI=1S/C16H15Br2N3O3S2/c17-11-8-15(25-16(11)18)26(22,23)21-5-3-10(4-6-21)12-9-13(20-19-12)14-2-1-7-24-14/h1-2,7-10H,3-6H2,(H,19,20). The molecule has 3 aromatic heterocycles. The Morgan fingerprint density at radius 3 is 2.65 bits per heavy atom. The van der Waals surface area contributed by atoms with Crippen molar-refractivity contribution < 1.29 is 12.8 Å². The van der Waals surface area contributed by atoms with Crippen LogP contribution in [0.4, 0.5) is 0 Å². The average molecular weight is 521 g/mol. The van der Waals surface area contributed by atoms with E-state index < -0.39 is 10.0 Å². The van der Waals surface area contributed by atoms with Gasteiger partial charge in [-0.1, -0.05) is 0 Å². The lowest BCUT2D eigenvalue weighted by Crippen LogP contribution is -2.37. The monoisotopic (exact) mass is 519 g/mol. The predicted molar refractivity (Wildman–Crippen MR) is 107 cm³/mol. The second-order valence-corrected chi connectivity index (χ2v) is 11.4. The van der Waals surface area contributed by atoms with Crippen molar-refractivity contribution in [2.45, 2.75) is 23.0 Å². The number of aromatic nitrogens is 2. The molecule has 4 heterocycles. The van der Waals surface area contributed by atoms with Gasteiger partial charge in [-0.25, -0.2) is 8.42 Å². The first-order valence-corrected chi connectivity index (χ1v) is 11.8. The molecular weight excluding hydrogens is 506 g/mol. The molecule has 4 rings (SSSR count). The van der Waals surface area contributed by atoms with Crippen LogP contribution in [0.25, 0.3) is 11.5 Å². The second kappa shape index (κ2) is 7.23. The SMILES string of the molecule is O=S(=O)(c1cc(Br)c(Br)s1)N1CCC(c2cc(-c3ccco3)n[nH]2)CC1. The normalized spacial score (nSPS) is 17.0. The van der Waals surface area contributed by atoms with Gasteiger partial charge >= 0.3 is 0 Å². The van der Waals surface area contributed by atoms with Gasteiger partial charge < -0.3 is 4.42 Å². The van der Waals surface area contributed by atoms with Crippen molar-refractivity contribution in [3.8, 4) is 11.5 Å². The molecule has 1 fully saturated rings. The average Bonchev–Trinajstić information content (AvgIpc) is 3.36. The molecule has 0 amide bonds. The van der Waals surface area contributed by atoms with E-state index >= 15 is 0 Å². The molecule has 6 nitrogen and oxygen atoms in total. The Morgan fingerprint density at radius 1 is 1.27 bits per heavy atom. The van der Waals surface area contributed by atoms with Crippen molar-refractivity contribution in [1.29, 1.82) is 0 Å². The van der Waals surface area contributed by atoms with Gasteiger partial charge in [-0.3, -0.25) is 5.10 Å². The Balaban J connectivity index is 1.46. The summed E-state index contributed by atoms with van der Waals surface area (Å²) in [6, 6.07) is 7.34. The fourth-order valence-electron chi connectivity index (χ4n) is 3.08. The van der Waals surface area contributed by atoms with Crippen LogP contribution in [0.2, 0.25) is 0 Å². The van der Waals surface area contributed by atoms with E-state index in [4.69, 9.17) is 4.42 Å². The maximum Gasteiger partial charge on any atom is 0.252 e. The van der Waals surface area contributed by atoms with E-state index in [0.717, 1.165) is 38.2 Å². The summed E-state index contributed by atoms with van der Waals surface area (Å²) in [6.45, 7) is 0.991. The predicted octanol–water partition coefficient (Wildman–Crippen LogP) is 4.82. The summed E-state index contributed by atoms with van der Waals surface area (Å²) < 4.78 is 34.5. The third-order valence-electron chi connectivity index (χ3n) is 4.48. The molecule has 0 saturated carbocycles. The number of nitrogens with zero attached hydrogens (tertiary/aromatic N) is 2. The van der Waals surface area contributed by atoms with Gasteiger partial charge in [0.2, 0.25) is 0 Å². The number of H-pyrrole nitrogens is 1. The highest BCUT2D eigenvalue weighted by Gasteiger charge is 2.32. The summed E-state index contributed by atoms with van der Waals surface area (Å²) in [7, 11) is -3.45. The van der Waals surface area contributed by atoms with Crippen LogP contribution >= 0.6 is 43.2 Å². The number of furan rings is 1. The fourth-order valence-corrected chi connectivity index (χ4v) is 7.53. The minimum Gasteiger partial charge on any atom is -0.463 e. The number of sulfonamides is 1. The molecule has 3 aromatic rings. The van der Waals surface area contributed by atoms with E-state index in [1.54, 1.807) is 16.6 Å². The van der Waals surface area contributed by atoms with Crippen molar-refractivity contribution in [3.63, 3.8) is 0 Å². The number of hydrogen-bond donors (Lipinski definition) is 1. The summed E-state index contributed by atoms with van der Waals surface area (Å²) in [5, 5.41) is 7.37. The summed E-state index contributed by atoms with van der Waals surface area (Å²) >= 11 is 7.94. The van der Waals surface area contributed by atoms with Gasteiger partial charge in [-0.05, 0) is 69.0 Å². The second-order valence-electron chi connectivity index (χ2n) is 6.05. The quantitative estimate of drug-likeness (QED) is 0.534. The first kappa shape index (κ1) is 18.4. The Labute approximate surface area is 171 Å². The molecule has 1 saturated heterocycles. The minimum atomic E-state index is -3.45. The number of halogens is 2. The Morgan fingerprint density at radius 2 is 2.04 bits per heavy atom. The number of thiophene rings is 1. The maximum atomic E-state index is 12.8. The van der Waals surface area contributed by atoms with E-state index in [2.05, 4.69) is 42.1 Å². The molecule has 0 bridgehead atoms. The van der Waals surface area contributed by atoms with Crippen molar-refractivity contribution in [2.75, 3.05) is 13.1 Å². The molecule has 1 aliphatic rings.